The molecule has 1 N–H and O–H groups in total. The molecule has 2 aromatic heterocycles. The predicted molar refractivity (Wildman–Crippen MR) is 113 cm³/mol. The Kier molecular flexibility index (Phi) is 5.58. The van der Waals surface area contributed by atoms with Crippen LogP contribution in [0.4, 0.5) is 4.39 Å². The summed E-state index contributed by atoms with van der Waals surface area (Å²) in [6.45, 7) is 0. The van der Waals surface area contributed by atoms with Crippen LogP contribution >= 0.6 is 11.3 Å². The van der Waals surface area contributed by atoms with Crippen LogP contribution in [0.15, 0.2) is 66.3 Å². The van der Waals surface area contributed by atoms with Gasteiger partial charge in [-0.3, -0.25) is 4.79 Å². The molecule has 0 radical (unpaired) electrons. The Morgan fingerprint density at radius 3 is 2.67 bits per heavy atom. The van der Waals surface area contributed by atoms with Gasteiger partial charge in [-0.05, 0) is 29.8 Å². The molecule has 0 saturated carbocycles. The van der Waals surface area contributed by atoms with Gasteiger partial charge in [0, 0.05) is 24.8 Å². The number of amides is 1. The smallest absolute Gasteiger partial charge is 0.271 e. The molecule has 0 spiro atoms. The Morgan fingerprint density at radius 2 is 1.97 bits per heavy atom. The molecule has 1 atom stereocenters. The number of methoxy groups -OCH3 is 1. The molecule has 30 heavy (non-hydrogen) atoms. The number of imidazole rings is 1. The molecule has 6 nitrogen and oxygen atoms in total. The van der Waals surface area contributed by atoms with Gasteiger partial charge in [0.2, 0.25) is 0 Å². The van der Waals surface area contributed by atoms with Gasteiger partial charge in [0.1, 0.15) is 34.1 Å². The summed E-state index contributed by atoms with van der Waals surface area (Å²) in [7, 11) is 3.44. The van der Waals surface area contributed by atoms with Crippen molar-refractivity contribution in [1.82, 2.24) is 19.9 Å². The van der Waals surface area contributed by atoms with Gasteiger partial charge < -0.3 is 14.6 Å². The maximum Gasteiger partial charge on any atom is 0.271 e. The quantitative estimate of drug-likeness (QED) is 0.505. The normalized spacial score (nSPS) is 11.8. The van der Waals surface area contributed by atoms with Crippen LogP contribution in [0.3, 0.4) is 0 Å². The summed E-state index contributed by atoms with van der Waals surface area (Å²) in [6.07, 6.45) is 3.45. The number of nitrogens with one attached hydrogen (secondary N) is 1. The van der Waals surface area contributed by atoms with Crippen LogP contribution in [-0.2, 0) is 7.05 Å². The monoisotopic (exact) mass is 422 g/mol. The van der Waals surface area contributed by atoms with Crippen LogP contribution in [0, 0.1) is 5.82 Å². The molecule has 152 valence electrons. The number of rotatable bonds is 6. The topological polar surface area (TPSA) is 69.0 Å². The fourth-order valence-electron chi connectivity index (χ4n) is 3.14. The molecule has 1 amide bonds. The molecular formula is C22H19FN4O2S. The van der Waals surface area contributed by atoms with Crippen LogP contribution in [-0.4, -0.2) is 27.6 Å². The first-order valence-electron chi connectivity index (χ1n) is 9.19. The fourth-order valence-corrected chi connectivity index (χ4v) is 3.97. The number of aromatic nitrogens is 3. The molecule has 1 unspecified atom stereocenters. The summed E-state index contributed by atoms with van der Waals surface area (Å²) in [6, 6.07) is 13.0. The minimum Gasteiger partial charge on any atom is -0.496 e. The summed E-state index contributed by atoms with van der Waals surface area (Å²) in [5.41, 5.74) is 1.84. The Morgan fingerprint density at radius 1 is 1.20 bits per heavy atom. The highest BCUT2D eigenvalue weighted by molar-refractivity contribution is 7.13. The van der Waals surface area contributed by atoms with E-state index in [1.165, 1.54) is 23.5 Å². The third-order valence-electron chi connectivity index (χ3n) is 4.67. The highest BCUT2D eigenvalue weighted by Crippen LogP contribution is 2.32. The molecule has 2 aromatic carbocycles. The van der Waals surface area contributed by atoms with E-state index in [-0.39, 0.29) is 11.7 Å². The second-order valence-corrected chi connectivity index (χ2v) is 7.45. The third-order valence-corrected chi connectivity index (χ3v) is 5.55. The minimum absolute atomic E-state index is 0.294. The van der Waals surface area contributed by atoms with Crippen molar-refractivity contribution in [3.05, 3.63) is 89.2 Å². The van der Waals surface area contributed by atoms with Crippen molar-refractivity contribution >= 4 is 17.2 Å². The molecule has 2 heterocycles. The number of carbonyl (C=O) groups excluding carboxylic acids is 1. The van der Waals surface area contributed by atoms with Gasteiger partial charge in [0.25, 0.3) is 5.91 Å². The molecule has 0 aliphatic carbocycles. The lowest BCUT2D eigenvalue weighted by atomic mass is 10.1. The van der Waals surface area contributed by atoms with E-state index in [1.807, 2.05) is 35.9 Å². The van der Waals surface area contributed by atoms with Gasteiger partial charge in [-0.2, -0.15) is 0 Å². The van der Waals surface area contributed by atoms with E-state index in [9.17, 15) is 9.18 Å². The van der Waals surface area contributed by atoms with E-state index in [0.717, 1.165) is 11.1 Å². The molecule has 8 heteroatoms. The van der Waals surface area contributed by atoms with E-state index in [0.29, 0.717) is 22.3 Å². The summed E-state index contributed by atoms with van der Waals surface area (Å²) in [5, 5.41) is 5.37. The first-order chi connectivity index (χ1) is 14.6. The zero-order chi connectivity index (χ0) is 21.1. The Bertz CT molecular complexity index is 1170. The van der Waals surface area contributed by atoms with Crippen molar-refractivity contribution in [3.63, 3.8) is 0 Å². The largest absolute Gasteiger partial charge is 0.496 e. The van der Waals surface area contributed by atoms with E-state index >= 15 is 0 Å². The number of para-hydroxylation sites is 1. The number of nitrogens with zero attached hydrogens (tertiary/aromatic N) is 3. The summed E-state index contributed by atoms with van der Waals surface area (Å²) >= 11 is 1.36. The lowest BCUT2D eigenvalue weighted by Crippen LogP contribution is -2.31. The maximum atomic E-state index is 13.4. The average Bonchev–Trinajstić information content (AvgIpc) is 3.42. The standard InChI is InChI=1S/C22H19FN4O2S/c1-27-12-11-24-20(27)19(14-7-9-15(23)10-8-14)26-21(28)17-13-30-22(25-17)16-5-3-4-6-18(16)29-2/h3-13,19H,1-2H3,(H,26,28). The fraction of sp³-hybridized carbons (Fsp3) is 0.136. The number of thiazole rings is 1. The van der Waals surface area contributed by atoms with Gasteiger partial charge in [0.05, 0.1) is 12.7 Å². The zero-order valence-electron chi connectivity index (χ0n) is 16.4. The first kappa shape index (κ1) is 19.8. The number of hydrogen-bond donors (Lipinski definition) is 1. The van der Waals surface area contributed by atoms with Crippen molar-refractivity contribution in [3.8, 4) is 16.3 Å². The SMILES string of the molecule is COc1ccccc1-c1nc(C(=O)NC(c2ccc(F)cc2)c2nccn2C)cs1. The highest BCUT2D eigenvalue weighted by atomic mass is 32.1. The molecule has 0 bridgehead atoms. The molecule has 4 aromatic rings. The van der Waals surface area contributed by atoms with Crippen LogP contribution in [0.5, 0.6) is 5.75 Å². The zero-order valence-corrected chi connectivity index (χ0v) is 17.2. The lowest BCUT2D eigenvalue weighted by Gasteiger charge is -2.18. The van der Waals surface area contributed by atoms with E-state index in [4.69, 9.17) is 4.74 Å². The number of halogens is 1. The van der Waals surface area contributed by atoms with Crippen molar-refractivity contribution in [2.24, 2.45) is 7.05 Å². The van der Waals surface area contributed by atoms with Crippen molar-refractivity contribution < 1.29 is 13.9 Å². The molecule has 4 rings (SSSR count). The van der Waals surface area contributed by atoms with Crippen molar-refractivity contribution in [1.29, 1.82) is 0 Å². The van der Waals surface area contributed by atoms with Gasteiger partial charge in [-0.15, -0.1) is 11.3 Å². The lowest BCUT2D eigenvalue weighted by molar-refractivity contribution is 0.0937. The maximum absolute atomic E-state index is 13.4. The van der Waals surface area contributed by atoms with Crippen LogP contribution in [0.1, 0.15) is 27.9 Å². The van der Waals surface area contributed by atoms with Crippen LogP contribution < -0.4 is 10.1 Å². The minimum atomic E-state index is -0.547. The predicted octanol–water partition coefficient (Wildman–Crippen LogP) is 4.21. The average molecular weight is 422 g/mol. The molecule has 0 aliphatic heterocycles. The van der Waals surface area contributed by atoms with Gasteiger partial charge in [-0.25, -0.2) is 14.4 Å². The Labute approximate surface area is 177 Å². The number of benzene rings is 2. The summed E-state index contributed by atoms with van der Waals surface area (Å²) in [5.74, 6) is 0.639. The summed E-state index contributed by atoms with van der Waals surface area (Å²) in [4.78, 5) is 21.8. The van der Waals surface area contributed by atoms with Crippen LogP contribution in [0.25, 0.3) is 10.6 Å². The number of ether oxygens (including phenoxy) is 1. The third kappa shape index (κ3) is 3.95. The molecule has 0 saturated heterocycles. The van der Waals surface area contributed by atoms with Crippen molar-refractivity contribution in [2.45, 2.75) is 6.04 Å². The van der Waals surface area contributed by atoms with E-state index < -0.39 is 6.04 Å². The van der Waals surface area contributed by atoms with E-state index in [1.54, 1.807) is 37.0 Å². The molecular weight excluding hydrogens is 403 g/mol. The number of carbonyl (C=O) groups is 1. The molecule has 0 aliphatic rings. The van der Waals surface area contributed by atoms with Gasteiger partial charge in [0.15, 0.2) is 0 Å². The number of aryl methyl sites for hydroxylation is 1. The Hall–Kier alpha value is -3.52. The first-order valence-corrected chi connectivity index (χ1v) is 10.1. The number of hydrogen-bond acceptors (Lipinski definition) is 5. The Balaban J connectivity index is 1.63. The van der Waals surface area contributed by atoms with Crippen molar-refractivity contribution in [2.75, 3.05) is 7.11 Å². The molecule has 0 fully saturated rings. The van der Waals surface area contributed by atoms with Gasteiger partial charge >= 0.3 is 0 Å². The second kappa shape index (κ2) is 8.46. The summed E-state index contributed by atoms with van der Waals surface area (Å²) < 4.78 is 20.6. The highest BCUT2D eigenvalue weighted by Gasteiger charge is 2.23. The second-order valence-electron chi connectivity index (χ2n) is 6.59. The van der Waals surface area contributed by atoms with Crippen LogP contribution in [0.2, 0.25) is 0 Å². The van der Waals surface area contributed by atoms with Gasteiger partial charge in [-0.1, -0.05) is 24.3 Å². The van der Waals surface area contributed by atoms with E-state index in [2.05, 4.69) is 15.3 Å².